The number of hydrogen-bond acceptors (Lipinski definition) is 3. The van der Waals surface area contributed by atoms with Crippen LogP contribution in [0.4, 0.5) is 0 Å². The number of imide groups is 1. The Balaban J connectivity index is 1.73. The molecule has 0 aromatic heterocycles. The van der Waals surface area contributed by atoms with Crippen LogP contribution >= 0.6 is 11.6 Å². The minimum atomic E-state index is -0.244. The number of rotatable bonds is 4. The Morgan fingerprint density at radius 2 is 1.50 bits per heavy atom. The van der Waals surface area contributed by atoms with Crippen molar-refractivity contribution in [2.24, 2.45) is 0 Å². The second-order valence-electron chi connectivity index (χ2n) is 5.33. The molecule has 2 aromatic rings. The van der Waals surface area contributed by atoms with Gasteiger partial charge >= 0.3 is 0 Å². The third-order valence-electron chi connectivity index (χ3n) is 3.66. The van der Waals surface area contributed by atoms with Gasteiger partial charge in [0.2, 0.25) is 0 Å². The summed E-state index contributed by atoms with van der Waals surface area (Å²) in [5.74, 6) is -0.488. The van der Waals surface area contributed by atoms with Gasteiger partial charge in [0.25, 0.3) is 11.8 Å². The molecule has 22 heavy (non-hydrogen) atoms. The van der Waals surface area contributed by atoms with E-state index in [0.717, 1.165) is 5.56 Å². The summed E-state index contributed by atoms with van der Waals surface area (Å²) in [6.45, 7) is 0.796. The van der Waals surface area contributed by atoms with Crippen molar-refractivity contribution in [1.29, 1.82) is 0 Å². The van der Waals surface area contributed by atoms with E-state index >= 15 is 0 Å². The van der Waals surface area contributed by atoms with Gasteiger partial charge in [-0.2, -0.15) is 0 Å². The molecule has 0 bridgehead atoms. The molecule has 0 spiro atoms. The van der Waals surface area contributed by atoms with E-state index in [2.05, 4.69) is 0 Å². The van der Waals surface area contributed by atoms with Crippen LogP contribution in [0.3, 0.4) is 0 Å². The van der Waals surface area contributed by atoms with Crippen molar-refractivity contribution in [3.05, 3.63) is 70.2 Å². The number of halogens is 1. The van der Waals surface area contributed by atoms with Crippen LogP contribution in [0.25, 0.3) is 0 Å². The van der Waals surface area contributed by atoms with Crippen LogP contribution in [0, 0.1) is 0 Å². The number of hydrogen-bond donors (Lipinski definition) is 0. The molecule has 112 valence electrons. The molecule has 1 aliphatic rings. The van der Waals surface area contributed by atoms with Gasteiger partial charge in [-0.05, 0) is 30.8 Å². The van der Waals surface area contributed by atoms with Gasteiger partial charge in [0, 0.05) is 11.6 Å². The number of amides is 2. The molecule has 3 rings (SSSR count). The number of benzene rings is 2. The molecule has 0 saturated heterocycles. The lowest BCUT2D eigenvalue weighted by atomic mass is 10.1. The van der Waals surface area contributed by atoms with E-state index < -0.39 is 0 Å². The first kappa shape index (κ1) is 14.8. The average Bonchev–Trinajstić information content (AvgIpc) is 2.75. The highest BCUT2D eigenvalue weighted by Crippen LogP contribution is 2.23. The molecule has 1 aliphatic heterocycles. The molecule has 0 N–H and O–H groups in total. The molecule has 0 radical (unpaired) electrons. The van der Waals surface area contributed by atoms with Crippen molar-refractivity contribution in [3.63, 3.8) is 0 Å². The second kappa shape index (κ2) is 5.91. The van der Waals surface area contributed by atoms with Crippen molar-refractivity contribution in [2.75, 3.05) is 13.7 Å². The monoisotopic (exact) mass is 314 g/mol. The highest BCUT2D eigenvalue weighted by atomic mass is 35.5. The molecule has 0 aliphatic carbocycles. The Kier molecular flexibility index (Phi) is 3.96. The predicted octanol–water partition coefficient (Wildman–Crippen LogP) is 3.03. The molecular weight excluding hydrogens is 300 g/mol. The van der Waals surface area contributed by atoms with E-state index in [4.69, 9.17) is 11.6 Å². The van der Waals surface area contributed by atoms with Crippen LogP contribution in [0.15, 0.2) is 48.5 Å². The van der Waals surface area contributed by atoms with Crippen LogP contribution < -0.4 is 0 Å². The lowest BCUT2D eigenvalue weighted by molar-refractivity contribution is 0.0559. The first-order chi connectivity index (χ1) is 10.6. The summed E-state index contributed by atoms with van der Waals surface area (Å²) in [6, 6.07) is 14.4. The quantitative estimate of drug-likeness (QED) is 0.815. The third kappa shape index (κ3) is 2.63. The molecule has 0 fully saturated rings. The molecule has 0 atom stereocenters. The molecule has 2 amide bonds. The van der Waals surface area contributed by atoms with Gasteiger partial charge in [0.15, 0.2) is 0 Å². The summed E-state index contributed by atoms with van der Waals surface area (Å²) < 4.78 is 0. The van der Waals surface area contributed by atoms with Crippen molar-refractivity contribution < 1.29 is 9.59 Å². The zero-order valence-corrected chi connectivity index (χ0v) is 12.9. The Morgan fingerprint density at radius 1 is 0.955 bits per heavy atom. The maximum Gasteiger partial charge on any atom is 0.262 e. The maximum atomic E-state index is 12.3. The summed E-state index contributed by atoms with van der Waals surface area (Å²) in [5, 5.41) is 0.678. The SMILES string of the molecule is CN(Cc1ccccc1Cl)CN1C(=O)c2ccccc2C1=O. The largest absolute Gasteiger partial charge is 0.284 e. The minimum absolute atomic E-state index is 0.234. The molecule has 0 saturated carbocycles. The fraction of sp³-hybridized carbons (Fsp3) is 0.176. The first-order valence-electron chi connectivity index (χ1n) is 6.95. The van der Waals surface area contributed by atoms with Gasteiger partial charge in [-0.1, -0.05) is 41.9 Å². The zero-order valence-electron chi connectivity index (χ0n) is 12.1. The lowest BCUT2D eigenvalue weighted by Gasteiger charge is -2.23. The lowest BCUT2D eigenvalue weighted by Crippen LogP contribution is -2.39. The van der Waals surface area contributed by atoms with Gasteiger partial charge < -0.3 is 0 Å². The van der Waals surface area contributed by atoms with Gasteiger partial charge in [-0.3, -0.25) is 19.4 Å². The fourth-order valence-electron chi connectivity index (χ4n) is 2.58. The van der Waals surface area contributed by atoms with Crippen LogP contribution in [0.2, 0.25) is 5.02 Å². The standard InChI is InChI=1S/C17H15ClN2O2/c1-19(10-12-6-2-5-9-15(12)18)11-20-16(21)13-7-3-4-8-14(13)17(20)22/h2-9H,10-11H2,1H3. The number of carbonyl (C=O) groups excluding carboxylic acids is 2. The highest BCUT2D eigenvalue weighted by molar-refractivity contribution is 6.31. The Morgan fingerprint density at radius 3 is 2.09 bits per heavy atom. The van der Waals surface area contributed by atoms with E-state index in [0.29, 0.717) is 22.7 Å². The van der Waals surface area contributed by atoms with Gasteiger partial charge in [-0.25, -0.2) is 0 Å². The van der Waals surface area contributed by atoms with Crippen LogP contribution in [0.1, 0.15) is 26.3 Å². The molecule has 1 heterocycles. The number of fused-ring (bicyclic) bond motifs is 1. The first-order valence-corrected chi connectivity index (χ1v) is 7.33. The summed E-state index contributed by atoms with van der Waals surface area (Å²) in [5.41, 5.74) is 1.90. The minimum Gasteiger partial charge on any atom is -0.284 e. The summed E-state index contributed by atoms with van der Waals surface area (Å²) in [6.07, 6.45) is 0. The van der Waals surface area contributed by atoms with Crippen LogP contribution in [-0.4, -0.2) is 35.3 Å². The van der Waals surface area contributed by atoms with E-state index in [1.165, 1.54) is 4.90 Å². The van der Waals surface area contributed by atoms with Crippen molar-refractivity contribution in [1.82, 2.24) is 9.80 Å². The average molecular weight is 315 g/mol. The van der Waals surface area contributed by atoms with Gasteiger partial charge in [0.05, 0.1) is 17.8 Å². The molecular formula is C17H15ClN2O2. The highest BCUT2D eigenvalue weighted by Gasteiger charge is 2.35. The van der Waals surface area contributed by atoms with Crippen LogP contribution in [-0.2, 0) is 6.54 Å². The van der Waals surface area contributed by atoms with E-state index in [1.54, 1.807) is 24.3 Å². The molecule has 2 aromatic carbocycles. The van der Waals surface area contributed by atoms with Gasteiger partial charge in [0.1, 0.15) is 0 Å². The predicted molar refractivity (Wildman–Crippen MR) is 84.7 cm³/mol. The van der Waals surface area contributed by atoms with Crippen molar-refractivity contribution in [3.8, 4) is 0 Å². The summed E-state index contributed by atoms with van der Waals surface area (Å²) in [4.78, 5) is 27.8. The zero-order chi connectivity index (χ0) is 15.7. The second-order valence-corrected chi connectivity index (χ2v) is 5.74. The smallest absolute Gasteiger partial charge is 0.262 e. The van der Waals surface area contributed by atoms with Crippen molar-refractivity contribution >= 4 is 23.4 Å². The number of carbonyl (C=O) groups is 2. The Bertz CT molecular complexity index is 710. The molecule has 5 heteroatoms. The van der Waals surface area contributed by atoms with Gasteiger partial charge in [-0.15, -0.1) is 0 Å². The summed E-state index contributed by atoms with van der Waals surface area (Å²) in [7, 11) is 1.85. The van der Waals surface area contributed by atoms with E-state index in [-0.39, 0.29) is 18.5 Å². The topological polar surface area (TPSA) is 40.6 Å². The molecule has 4 nitrogen and oxygen atoms in total. The van der Waals surface area contributed by atoms with E-state index in [1.807, 2.05) is 36.2 Å². The Labute approximate surface area is 133 Å². The van der Waals surface area contributed by atoms with Crippen molar-refractivity contribution in [2.45, 2.75) is 6.54 Å². The Hall–Kier alpha value is -2.17. The fourth-order valence-corrected chi connectivity index (χ4v) is 2.77. The van der Waals surface area contributed by atoms with Crippen LogP contribution in [0.5, 0.6) is 0 Å². The number of nitrogens with zero attached hydrogens (tertiary/aromatic N) is 2. The summed E-state index contributed by atoms with van der Waals surface area (Å²) >= 11 is 6.14. The molecule has 0 unspecified atom stereocenters. The third-order valence-corrected chi connectivity index (χ3v) is 4.03. The van der Waals surface area contributed by atoms with E-state index in [9.17, 15) is 9.59 Å². The maximum absolute atomic E-state index is 12.3. The normalized spacial score (nSPS) is 13.9.